The fourth-order valence-corrected chi connectivity index (χ4v) is 4.71. The molecule has 21 heavy (non-hydrogen) atoms. The lowest BCUT2D eigenvalue weighted by atomic mass is 9.80. The molecule has 2 nitrogen and oxygen atoms in total. The standard InChI is InChI=1S/C16H20F2O2S/c17-13-2-1-11(14(18)8-13)7-15(19)12-3-5-20-16(9-12)4-6-21-10-16/h1-2,8,12,15,19H,3-7,9-10H2. The molecule has 1 spiro atoms. The van der Waals surface area contributed by atoms with E-state index in [2.05, 4.69) is 0 Å². The van der Waals surface area contributed by atoms with E-state index in [1.165, 1.54) is 12.1 Å². The quantitative estimate of drug-likeness (QED) is 0.929. The molecule has 2 saturated heterocycles. The van der Waals surface area contributed by atoms with Crippen LogP contribution in [-0.4, -0.2) is 34.9 Å². The van der Waals surface area contributed by atoms with Crippen molar-refractivity contribution in [3.8, 4) is 0 Å². The van der Waals surface area contributed by atoms with Crippen molar-refractivity contribution in [2.24, 2.45) is 5.92 Å². The SMILES string of the molecule is OC(Cc1ccc(F)cc1F)C1CCOC2(CCSC2)C1. The van der Waals surface area contributed by atoms with E-state index in [1.807, 2.05) is 11.8 Å². The van der Waals surface area contributed by atoms with Crippen molar-refractivity contribution >= 4 is 11.8 Å². The zero-order valence-corrected chi connectivity index (χ0v) is 12.7. The Labute approximate surface area is 127 Å². The van der Waals surface area contributed by atoms with Crippen LogP contribution in [0.4, 0.5) is 8.78 Å². The van der Waals surface area contributed by atoms with Gasteiger partial charge in [0.25, 0.3) is 0 Å². The van der Waals surface area contributed by atoms with Crippen molar-refractivity contribution in [2.45, 2.75) is 37.4 Å². The molecule has 0 aliphatic carbocycles. The molecular weight excluding hydrogens is 294 g/mol. The highest BCUT2D eigenvalue weighted by Crippen LogP contribution is 2.41. The van der Waals surface area contributed by atoms with Crippen LogP contribution in [0.15, 0.2) is 18.2 Å². The molecule has 0 saturated carbocycles. The van der Waals surface area contributed by atoms with Crippen LogP contribution in [-0.2, 0) is 11.2 Å². The first kappa shape index (κ1) is 15.3. The summed E-state index contributed by atoms with van der Waals surface area (Å²) in [5.41, 5.74) is 0.292. The highest BCUT2D eigenvalue weighted by Gasteiger charge is 2.42. The molecule has 1 aromatic rings. The highest BCUT2D eigenvalue weighted by atomic mass is 32.2. The average Bonchev–Trinajstić information content (AvgIpc) is 2.90. The number of halogens is 2. The third-order valence-electron chi connectivity index (χ3n) is 4.59. The van der Waals surface area contributed by atoms with Crippen molar-refractivity contribution in [3.05, 3.63) is 35.4 Å². The number of hydrogen-bond donors (Lipinski definition) is 1. The second-order valence-electron chi connectivity index (χ2n) is 6.09. The Hall–Kier alpha value is -0.650. The van der Waals surface area contributed by atoms with Crippen LogP contribution < -0.4 is 0 Å². The second-order valence-corrected chi connectivity index (χ2v) is 7.20. The number of rotatable bonds is 3. The van der Waals surface area contributed by atoms with Crippen LogP contribution in [0.2, 0.25) is 0 Å². The number of ether oxygens (including phenoxy) is 1. The van der Waals surface area contributed by atoms with Gasteiger partial charge >= 0.3 is 0 Å². The van der Waals surface area contributed by atoms with E-state index >= 15 is 0 Å². The van der Waals surface area contributed by atoms with E-state index in [1.54, 1.807) is 0 Å². The van der Waals surface area contributed by atoms with Gasteiger partial charge in [0.1, 0.15) is 11.6 Å². The third kappa shape index (κ3) is 3.41. The summed E-state index contributed by atoms with van der Waals surface area (Å²) in [4.78, 5) is 0. The first-order valence-corrected chi connectivity index (χ1v) is 8.57. The molecule has 0 radical (unpaired) electrons. The molecule has 1 N–H and O–H groups in total. The fraction of sp³-hybridized carbons (Fsp3) is 0.625. The van der Waals surface area contributed by atoms with Crippen LogP contribution in [0.1, 0.15) is 24.8 Å². The van der Waals surface area contributed by atoms with Crippen LogP contribution in [0.5, 0.6) is 0 Å². The molecule has 3 atom stereocenters. The van der Waals surface area contributed by atoms with E-state index in [4.69, 9.17) is 4.74 Å². The minimum absolute atomic E-state index is 0.0874. The van der Waals surface area contributed by atoms with Gasteiger partial charge in [0.05, 0.1) is 11.7 Å². The van der Waals surface area contributed by atoms with Crippen LogP contribution in [0.25, 0.3) is 0 Å². The number of thioether (sulfide) groups is 1. The van der Waals surface area contributed by atoms with Gasteiger partial charge in [-0.2, -0.15) is 11.8 Å². The Morgan fingerprint density at radius 2 is 2.29 bits per heavy atom. The predicted molar refractivity (Wildman–Crippen MR) is 79.4 cm³/mol. The van der Waals surface area contributed by atoms with E-state index in [9.17, 15) is 13.9 Å². The summed E-state index contributed by atoms with van der Waals surface area (Å²) in [6.07, 6.45) is 2.31. The molecule has 3 rings (SSSR count). The van der Waals surface area contributed by atoms with Crippen molar-refractivity contribution in [1.82, 2.24) is 0 Å². The molecular formula is C16H20F2O2S. The van der Waals surface area contributed by atoms with Crippen molar-refractivity contribution in [1.29, 1.82) is 0 Å². The molecule has 0 bridgehead atoms. The van der Waals surface area contributed by atoms with E-state index in [0.29, 0.717) is 12.2 Å². The van der Waals surface area contributed by atoms with Crippen molar-refractivity contribution in [2.75, 3.05) is 18.1 Å². The molecule has 2 aliphatic heterocycles. The van der Waals surface area contributed by atoms with Gasteiger partial charge in [-0.3, -0.25) is 0 Å². The summed E-state index contributed by atoms with van der Waals surface area (Å²) in [6.45, 7) is 0.661. The maximum atomic E-state index is 13.7. The van der Waals surface area contributed by atoms with Gasteiger partial charge in [-0.1, -0.05) is 6.07 Å². The summed E-state index contributed by atoms with van der Waals surface area (Å²) in [5.74, 6) is 1.06. The summed E-state index contributed by atoms with van der Waals surface area (Å²) in [7, 11) is 0. The zero-order chi connectivity index (χ0) is 14.9. The Kier molecular flexibility index (Phi) is 4.52. The lowest BCUT2D eigenvalue weighted by Gasteiger charge is -2.39. The van der Waals surface area contributed by atoms with Crippen LogP contribution in [0, 0.1) is 17.6 Å². The Bertz CT molecular complexity index is 503. The maximum Gasteiger partial charge on any atom is 0.129 e. The first-order chi connectivity index (χ1) is 10.1. The summed E-state index contributed by atoms with van der Waals surface area (Å²) in [5, 5.41) is 10.4. The molecule has 0 aromatic heterocycles. The maximum absolute atomic E-state index is 13.7. The molecule has 0 amide bonds. The second kappa shape index (κ2) is 6.23. The van der Waals surface area contributed by atoms with Gasteiger partial charge in [-0.05, 0) is 42.6 Å². The Morgan fingerprint density at radius 1 is 1.43 bits per heavy atom. The number of benzene rings is 1. The summed E-state index contributed by atoms with van der Waals surface area (Å²) in [6, 6.07) is 3.54. The van der Waals surface area contributed by atoms with E-state index in [0.717, 1.165) is 36.8 Å². The van der Waals surface area contributed by atoms with Crippen molar-refractivity contribution in [3.63, 3.8) is 0 Å². The molecule has 5 heteroatoms. The molecule has 3 unspecified atom stereocenters. The topological polar surface area (TPSA) is 29.5 Å². The van der Waals surface area contributed by atoms with Crippen LogP contribution in [0.3, 0.4) is 0 Å². The monoisotopic (exact) mass is 314 g/mol. The smallest absolute Gasteiger partial charge is 0.129 e. The molecule has 116 valence electrons. The van der Waals surface area contributed by atoms with Crippen LogP contribution >= 0.6 is 11.8 Å². The van der Waals surface area contributed by atoms with E-state index < -0.39 is 17.7 Å². The third-order valence-corrected chi connectivity index (χ3v) is 5.81. The molecule has 2 aliphatic rings. The lowest BCUT2D eigenvalue weighted by Crippen LogP contribution is -2.43. The minimum Gasteiger partial charge on any atom is -0.392 e. The Balaban J connectivity index is 1.65. The minimum atomic E-state index is -0.601. The normalized spacial score (nSPS) is 30.7. The summed E-state index contributed by atoms with van der Waals surface area (Å²) >= 11 is 1.89. The molecule has 2 heterocycles. The largest absolute Gasteiger partial charge is 0.392 e. The fourth-order valence-electron chi connectivity index (χ4n) is 3.34. The molecule has 2 fully saturated rings. The molecule has 1 aromatic carbocycles. The average molecular weight is 314 g/mol. The van der Waals surface area contributed by atoms with Crippen molar-refractivity contribution < 1.29 is 18.6 Å². The Morgan fingerprint density at radius 3 is 3.00 bits per heavy atom. The van der Waals surface area contributed by atoms with Gasteiger partial charge in [-0.15, -0.1) is 0 Å². The van der Waals surface area contributed by atoms with Gasteiger partial charge in [0, 0.05) is 24.8 Å². The van der Waals surface area contributed by atoms with Gasteiger partial charge in [-0.25, -0.2) is 8.78 Å². The first-order valence-electron chi connectivity index (χ1n) is 7.42. The lowest BCUT2D eigenvalue weighted by molar-refractivity contribution is -0.101. The van der Waals surface area contributed by atoms with Gasteiger partial charge in [0.2, 0.25) is 0 Å². The zero-order valence-electron chi connectivity index (χ0n) is 11.9. The number of hydrogen-bond acceptors (Lipinski definition) is 3. The van der Waals surface area contributed by atoms with Gasteiger partial charge in [0.15, 0.2) is 0 Å². The predicted octanol–water partition coefficient (Wildman–Crippen LogP) is 3.17. The van der Waals surface area contributed by atoms with Gasteiger partial charge < -0.3 is 9.84 Å². The number of aliphatic hydroxyl groups excluding tert-OH is 1. The number of aliphatic hydroxyl groups is 1. The highest BCUT2D eigenvalue weighted by molar-refractivity contribution is 7.99. The van der Waals surface area contributed by atoms with E-state index in [-0.39, 0.29) is 17.9 Å². The summed E-state index contributed by atoms with van der Waals surface area (Å²) < 4.78 is 32.6.